The Bertz CT molecular complexity index is 401. The van der Waals surface area contributed by atoms with Gasteiger partial charge in [0.1, 0.15) is 0 Å². The van der Waals surface area contributed by atoms with Gasteiger partial charge in [0.05, 0.1) is 0 Å². The van der Waals surface area contributed by atoms with Gasteiger partial charge in [0.25, 0.3) is 5.91 Å². The van der Waals surface area contributed by atoms with Crippen molar-refractivity contribution in [2.75, 3.05) is 13.1 Å². The zero-order valence-electron chi connectivity index (χ0n) is 10.9. The topological polar surface area (TPSA) is 20.3 Å². The van der Waals surface area contributed by atoms with Crippen LogP contribution < -0.4 is 0 Å². The molecule has 1 unspecified atom stereocenters. The molecule has 0 spiro atoms. The van der Waals surface area contributed by atoms with E-state index in [1.807, 2.05) is 29.2 Å². The number of hydrogen-bond donors (Lipinski definition) is 1. The average molecular weight is 263 g/mol. The highest BCUT2D eigenvalue weighted by Crippen LogP contribution is 2.21. The Kier molecular flexibility index (Phi) is 4.70. The molecule has 1 atom stereocenters. The van der Waals surface area contributed by atoms with E-state index < -0.39 is 0 Å². The Balaban J connectivity index is 2.02. The fourth-order valence-electron chi connectivity index (χ4n) is 2.56. The summed E-state index contributed by atoms with van der Waals surface area (Å²) in [6.07, 6.45) is 4.77. The Hall–Kier alpha value is -0.960. The van der Waals surface area contributed by atoms with Crippen molar-refractivity contribution < 1.29 is 4.79 Å². The van der Waals surface area contributed by atoms with Crippen molar-refractivity contribution in [3.8, 4) is 0 Å². The molecule has 0 radical (unpaired) electrons. The molecule has 18 heavy (non-hydrogen) atoms. The van der Waals surface area contributed by atoms with Crippen molar-refractivity contribution in [3.63, 3.8) is 0 Å². The molecule has 1 aliphatic heterocycles. The SMILES string of the molecule is CCC1CCCN(C(=O)c2ccc(S)cc2)CC1. The van der Waals surface area contributed by atoms with E-state index in [9.17, 15) is 4.79 Å². The van der Waals surface area contributed by atoms with Gasteiger partial charge in [-0.15, -0.1) is 12.6 Å². The molecule has 0 N–H and O–H groups in total. The molecule has 1 saturated heterocycles. The fourth-order valence-corrected chi connectivity index (χ4v) is 2.71. The maximum Gasteiger partial charge on any atom is 0.253 e. The third-order valence-corrected chi connectivity index (χ3v) is 4.12. The molecule has 98 valence electrons. The first-order chi connectivity index (χ1) is 8.70. The molecule has 1 heterocycles. The summed E-state index contributed by atoms with van der Waals surface area (Å²) in [6, 6.07) is 7.49. The number of thiol groups is 1. The van der Waals surface area contributed by atoms with E-state index in [0.29, 0.717) is 0 Å². The van der Waals surface area contributed by atoms with E-state index in [4.69, 9.17) is 0 Å². The number of carbonyl (C=O) groups is 1. The molecule has 0 saturated carbocycles. The van der Waals surface area contributed by atoms with E-state index in [1.165, 1.54) is 12.8 Å². The second-order valence-electron chi connectivity index (χ2n) is 5.04. The lowest BCUT2D eigenvalue weighted by molar-refractivity contribution is 0.0760. The number of rotatable bonds is 2. The molecule has 0 bridgehead atoms. The van der Waals surface area contributed by atoms with Crippen LogP contribution in [0.3, 0.4) is 0 Å². The van der Waals surface area contributed by atoms with Crippen LogP contribution in [0, 0.1) is 5.92 Å². The first-order valence-electron chi connectivity index (χ1n) is 6.79. The van der Waals surface area contributed by atoms with Crippen molar-refractivity contribution in [3.05, 3.63) is 29.8 Å². The van der Waals surface area contributed by atoms with Crippen LogP contribution in [0.25, 0.3) is 0 Å². The summed E-state index contributed by atoms with van der Waals surface area (Å²) in [5, 5.41) is 0. The summed E-state index contributed by atoms with van der Waals surface area (Å²) >= 11 is 4.24. The van der Waals surface area contributed by atoms with Gasteiger partial charge in [0, 0.05) is 23.5 Å². The van der Waals surface area contributed by atoms with E-state index >= 15 is 0 Å². The summed E-state index contributed by atoms with van der Waals surface area (Å²) < 4.78 is 0. The van der Waals surface area contributed by atoms with Crippen molar-refractivity contribution in [2.45, 2.75) is 37.5 Å². The van der Waals surface area contributed by atoms with Gasteiger partial charge in [-0.05, 0) is 49.4 Å². The predicted molar refractivity (Wildman–Crippen MR) is 77.2 cm³/mol. The number of nitrogens with zero attached hydrogens (tertiary/aromatic N) is 1. The standard InChI is InChI=1S/C15H21NOS/c1-2-12-4-3-10-16(11-9-12)15(17)13-5-7-14(18)8-6-13/h5-8,12,18H,2-4,9-11H2,1H3. The Morgan fingerprint density at radius 3 is 2.67 bits per heavy atom. The lowest BCUT2D eigenvalue weighted by Gasteiger charge is -2.20. The molecular weight excluding hydrogens is 242 g/mol. The van der Waals surface area contributed by atoms with Crippen molar-refractivity contribution in [1.82, 2.24) is 4.90 Å². The van der Waals surface area contributed by atoms with Gasteiger partial charge in [-0.1, -0.05) is 13.3 Å². The van der Waals surface area contributed by atoms with Crippen molar-refractivity contribution >= 4 is 18.5 Å². The molecule has 1 amide bonds. The first-order valence-corrected chi connectivity index (χ1v) is 7.23. The van der Waals surface area contributed by atoms with E-state index in [1.54, 1.807) is 0 Å². The zero-order chi connectivity index (χ0) is 13.0. The quantitative estimate of drug-likeness (QED) is 0.808. The lowest BCUT2D eigenvalue weighted by atomic mass is 9.98. The third-order valence-electron chi connectivity index (χ3n) is 3.83. The van der Waals surface area contributed by atoms with Crippen LogP contribution in [0.2, 0.25) is 0 Å². The number of hydrogen-bond acceptors (Lipinski definition) is 2. The second kappa shape index (κ2) is 6.28. The zero-order valence-corrected chi connectivity index (χ0v) is 11.8. The van der Waals surface area contributed by atoms with Crippen LogP contribution in [0.5, 0.6) is 0 Å². The predicted octanol–water partition coefficient (Wildman–Crippen LogP) is 3.63. The van der Waals surface area contributed by atoms with Crippen LogP contribution in [0.15, 0.2) is 29.2 Å². The highest BCUT2D eigenvalue weighted by molar-refractivity contribution is 7.80. The summed E-state index contributed by atoms with van der Waals surface area (Å²) in [5.41, 5.74) is 0.780. The Morgan fingerprint density at radius 2 is 2.00 bits per heavy atom. The van der Waals surface area contributed by atoms with E-state index in [-0.39, 0.29) is 5.91 Å². The highest BCUT2D eigenvalue weighted by atomic mass is 32.1. The summed E-state index contributed by atoms with van der Waals surface area (Å²) in [6.45, 7) is 4.05. The van der Waals surface area contributed by atoms with E-state index in [2.05, 4.69) is 19.6 Å². The van der Waals surface area contributed by atoms with Gasteiger partial charge >= 0.3 is 0 Å². The summed E-state index contributed by atoms with van der Waals surface area (Å²) in [7, 11) is 0. The van der Waals surface area contributed by atoms with Gasteiger partial charge in [0.2, 0.25) is 0 Å². The molecule has 1 aromatic rings. The molecule has 2 nitrogen and oxygen atoms in total. The van der Waals surface area contributed by atoms with Crippen LogP contribution >= 0.6 is 12.6 Å². The molecule has 1 fully saturated rings. The van der Waals surface area contributed by atoms with Crippen molar-refractivity contribution in [2.24, 2.45) is 5.92 Å². The first kappa shape index (κ1) is 13.5. The Morgan fingerprint density at radius 1 is 1.28 bits per heavy atom. The third kappa shape index (κ3) is 3.29. The molecular formula is C15H21NOS. The molecule has 1 aromatic carbocycles. The molecule has 3 heteroatoms. The van der Waals surface area contributed by atoms with Crippen LogP contribution in [0.4, 0.5) is 0 Å². The van der Waals surface area contributed by atoms with Crippen LogP contribution in [-0.2, 0) is 0 Å². The van der Waals surface area contributed by atoms with E-state index in [0.717, 1.165) is 42.3 Å². The van der Waals surface area contributed by atoms with Gasteiger partial charge in [-0.2, -0.15) is 0 Å². The fraction of sp³-hybridized carbons (Fsp3) is 0.533. The molecule has 1 aliphatic rings. The van der Waals surface area contributed by atoms with Gasteiger partial charge < -0.3 is 4.90 Å². The maximum absolute atomic E-state index is 12.4. The second-order valence-corrected chi connectivity index (χ2v) is 5.56. The minimum Gasteiger partial charge on any atom is -0.339 e. The maximum atomic E-state index is 12.4. The smallest absolute Gasteiger partial charge is 0.253 e. The van der Waals surface area contributed by atoms with Crippen LogP contribution in [-0.4, -0.2) is 23.9 Å². The van der Waals surface area contributed by atoms with Gasteiger partial charge in [-0.3, -0.25) is 4.79 Å². The Labute approximate surface area is 115 Å². The average Bonchev–Trinajstić information content (AvgIpc) is 2.64. The normalized spacial score (nSPS) is 20.6. The number of likely N-dealkylation sites (tertiary alicyclic amines) is 1. The molecule has 0 aromatic heterocycles. The number of benzene rings is 1. The van der Waals surface area contributed by atoms with Gasteiger partial charge in [0.15, 0.2) is 0 Å². The van der Waals surface area contributed by atoms with Gasteiger partial charge in [-0.25, -0.2) is 0 Å². The molecule has 2 rings (SSSR count). The largest absolute Gasteiger partial charge is 0.339 e. The summed E-state index contributed by atoms with van der Waals surface area (Å²) in [4.78, 5) is 15.3. The summed E-state index contributed by atoms with van der Waals surface area (Å²) in [5.74, 6) is 0.961. The number of amides is 1. The molecule has 0 aliphatic carbocycles. The minimum atomic E-state index is 0.167. The minimum absolute atomic E-state index is 0.167. The highest BCUT2D eigenvalue weighted by Gasteiger charge is 2.20. The van der Waals surface area contributed by atoms with Crippen LogP contribution in [0.1, 0.15) is 43.0 Å². The lowest BCUT2D eigenvalue weighted by Crippen LogP contribution is -2.31. The monoisotopic (exact) mass is 263 g/mol. The van der Waals surface area contributed by atoms with Crippen molar-refractivity contribution in [1.29, 1.82) is 0 Å². The number of carbonyl (C=O) groups excluding carboxylic acids is 1.